The van der Waals surface area contributed by atoms with E-state index < -0.39 is 0 Å². The third kappa shape index (κ3) is 4.73. The molecular weight excluding hydrogens is 276 g/mol. The molecule has 4 nitrogen and oxygen atoms in total. The maximum atomic E-state index is 11.9. The average molecular weight is 304 g/mol. The number of rotatable bonds is 6. The monoisotopic (exact) mass is 304 g/mol. The van der Waals surface area contributed by atoms with E-state index in [1.54, 1.807) is 6.08 Å². The van der Waals surface area contributed by atoms with Crippen molar-refractivity contribution >= 4 is 5.91 Å². The predicted octanol–water partition coefficient (Wildman–Crippen LogP) is 3.03. The number of nitrogens with one attached hydrogen (secondary N) is 2. The fraction of sp³-hybridized carbons (Fsp3) is 0.611. The highest BCUT2D eigenvalue weighted by Gasteiger charge is 2.29. The van der Waals surface area contributed by atoms with Gasteiger partial charge in [-0.2, -0.15) is 0 Å². The predicted molar refractivity (Wildman–Crippen MR) is 89.1 cm³/mol. The Morgan fingerprint density at radius 1 is 1.36 bits per heavy atom. The van der Waals surface area contributed by atoms with Crippen molar-refractivity contribution in [2.75, 3.05) is 6.73 Å². The van der Waals surface area contributed by atoms with Gasteiger partial charge in [-0.05, 0) is 45.8 Å². The maximum absolute atomic E-state index is 11.9. The van der Waals surface area contributed by atoms with Crippen LogP contribution in [0.5, 0.6) is 0 Å². The molecular formula is C18H28N2O2. The van der Waals surface area contributed by atoms with Gasteiger partial charge in [0.15, 0.2) is 0 Å². The van der Waals surface area contributed by atoms with Gasteiger partial charge in [0.05, 0.1) is 11.6 Å². The van der Waals surface area contributed by atoms with Crippen LogP contribution in [-0.2, 0) is 9.53 Å². The molecule has 2 N–H and O–H groups in total. The number of amides is 1. The van der Waals surface area contributed by atoms with Crippen molar-refractivity contribution < 1.29 is 9.53 Å². The standard InChI is InChI=1S/C18H28N2O2/c1-5-6-7-13-10-17(21)20-16-11-14(8-9-15(13)16)19-12-22-18(2,3)4/h8-11,15-16,19H,5-7,12H2,1-4H3,(H,20,21). The number of carbonyl (C=O) groups is 1. The molecule has 1 aliphatic heterocycles. The van der Waals surface area contributed by atoms with Crippen LogP contribution in [0.15, 0.2) is 35.6 Å². The third-order valence-corrected chi connectivity index (χ3v) is 3.88. The van der Waals surface area contributed by atoms with E-state index in [1.165, 1.54) is 5.57 Å². The third-order valence-electron chi connectivity index (χ3n) is 3.88. The van der Waals surface area contributed by atoms with Crippen molar-refractivity contribution in [3.05, 3.63) is 35.6 Å². The molecule has 1 aliphatic carbocycles. The van der Waals surface area contributed by atoms with Crippen molar-refractivity contribution in [2.45, 2.75) is 58.6 Å². The molecule has 0 saturated heterocycles. The molecule has 0 aromatic heterocycles. The zero-order valence-electron chi connectivity index (χ0n) is 14.1. The summed E-state index contributed by atoms with van der Waals surface area (Å²) in [5, 5.41) is 6.30. The van der Waals surface area contributed by atoms with Gasteiger partial charge in [-0.1, -0.05) is 25.0 Å². The summed E-state index contributed by atoms with van der Waals surface area (Å²) >= 11 is 0. The van der Waals surface area contributed by atoms with Crippen LogP contribution < -0.4 is 10.6 Å². The van der Waals surface area contributed by atoms with Crippen LogP contribution >= 0.6 is 0 Å². The molecule has 0 bridgehead atoms. The molecule has 4 heteroatoms. The van der Waals surface area contributed by atoms with Gasteiger partial charge in [0, 0.05) is 17.7 Å². The molecule has 22 heavy (non-hydrogen) atoms. The highest BCUT2D eigenvalue weighted by atomic mass is 16.5. The zero-order valence-corrected chi connectivity index (χ0v) is 14.1. The van der Waals surface area contributed by atoms with Crippen LogP contribution in [-0.4, -0.2) is 24.3 Å². The first-order valence-electron chi connectivity index (χ1n) is 8.18. The molecule has 1 amide bonds. The topological polar surface area (TPSA) is 50.4 Å². The summed E-state index contributed by atoms with van der Waals surface area (Å²) in [6.45, 7) is 8.73. The van der Waals surface area contributed by atoms with Crippen LogP contribution in [0.2, 0.25) is 0 Å². The molecule has 1 heterocycles. The molecule has 0 aromatic rings. The van der Waals surface area contributed by atoms with Crippen LogP contribution in [0.1, 0.15) is 47.0 Å². The van der Waals surface area contributed by atoms with Gasteiger partial charge in [-0.25, -0.2) is 0 Å². The number of ether oxygens (including phenoxy) is 1. The Balaban J connectivity index is 1.97. The Bertz CT molecular complexity index is 498. The first-order valence-corrected chi connectivity index (χ1v) is 8.18. The molecule has 0 radical (unpaired) electrons. The van der Waals surface area contributed by atoms with E-state index in [1.807, 2.05) is 20.8 Å². The smallest absolute Gasteiger partial charge is 0.244 e. The van der Waals surface area contributed by atoms with Gasteiger partial charge in [0.2, 0.25) is 5.91 Å². The lowest BCUT2D eigenvalue weighted by atomic mass is 9.82. The second-order valence-electron chi connectivity index (χ2n) is 6.94. The van der Waals surface area contributed by atoms with Crippen molar-refractivity contribution in [2.24, 2.45) is 5.92 Å². The quantitative estimate of drug-likeness (QED) is 0.742. The van der Waals surface area contributed by atoms with Crippen molar-refractivity contribution in [1.29, 1.82) is 0 Å². The number of allylic oxidation sites excluding steroid dienone is 1. The molecule has 0 aromatic carbocycles. The molecule has 0 fully saturated rings. The minimum absolute atomic E-state index is 0.0178. The Morgan fingerprint density at radius 2 is 2.14 bits per heavy atom. The van der Waals surface area contributed by atoms with Crippen LogP contribution in [0.25, 0.3) is 0 Å². The summed E-state index contributed by atoms with van der Waals surface area (Å²) < 4.78 is 5.68. The summed E-state index contributed by atoms with van der Waals surface area (Å²) in [7, 11) is 0. The minimum atomic E-state index is -0.163. The average Bonchev–Trinajstić information content (AvgIpc) is 2.42. The largest absolute Gasteiger partial charge is 0.363 e. The van der Waals surface area contributed by atoms with Crippen LogP contribution in [0.4, 0.5) is 0 Å². The van der Waals surface area contributed by atoms with Gasteiger partial charge >= 0.3 is 0 Å². The van der Waals surface area contributed by atoms with E-state index in [-0.39, 0.29) is 17.6 Å². The van der Waals surface area contributed by atoms with Gasteiger partial charge in [0.1, 0.15) is 6.73 Å². The first kappa shape index (κ1) is 16.8. The van der Waals surface area contributed by atoms with Gasteiger partial charge in [0.25, 0.3) is 0 Å². The molecule has 0 spiro atoms. The van der Waals surface area contributed by atoms with Crippen molar-refractivity contribution in [3.63, 3.8) is 0 Å². The number of hydrogen-bond acceptors (Lipinski definition) is 3. The fourth-order valence-electron chi connectivity index (χ4n) is 2.71. The summed E-state index contributed by atoms with van der Waals surface area (Å²) in [5.41, 5.74) is 2.08. The molecule has 2 atom stereocenters. The molecule has 2 aliphatic rings. The van der Waals surface area contributed by atoms with Gasteiger partial charge < -0.3 is 15.4 Å². The molecule has 122 valence electrons. The highest BCUT2D eigenvalue weighted by Crippen LogP contribution is 2.29. The Labute approximate surface area is 133 Å². The maximum Gasteiger partial charge on any atom is 0.244 e. The number of carbonyl (C=O) groups excluding carboxylic acids is 1. The normalized spacial score (nSPS) is 24.3. The molecule has 2 rings (SSSR count). The number of unbranched alkanes of at least 4 members (excludes halogenated alkanes) is 1. The fourth-order valence-corrected chi connectivity index (χ4v) is 2.71. The van der Waals surface area contributed by atoms with E-state index in [2.05, 4.69) is 35.8 Å². The van der Waals surface area contributed by atoms with Gasteiger partial charge in [-0.15, -0.1) is 0 Å². The van der Waals surface area contributed by atoms with E-state index in [9.17, 15) is 4.79 Å². The zero-order chi connectivity index (χ0) is 16.2. The summed E-state index contributed by atoms with van der Waals surface area (Å²) in [5.74, 6) is 0.308. The SMILES string of the molecule is CCCCC1=CC(=O)NC2C=C(NCOC(C)(C)C)C=CC12. The second kappa shape index (κ2) is 7.14. The van der Waals surface area contributed by atoms with E-state index >= 15 is 0 Å². The molecule has 0 saturated carbocycles. The van der Waals surface area contributed by atoms with Gasteiger partial charge in [-0.3, -0.25) is 4.79 Å². The number of hydrogen-bond donors (Lipinski definition) is 2. The Morgan fingerprint density at radius 3 is 2.82 bits per heavy atom. The minimum Gasteiger partial charge on any atom is -0.363 e. The summed E-state index contributed by atoms with van der Waals surface area (Å²) in [4.78, 5) is 11.9. The first-order chi connectivity index (χ1) is 10.4. The summed E-state index contributed by atoms with van der Waals surface area (Å²) in [6.07, 6.45) is 11.4. The summed E-state index contributed by atoms with van der Waals surface area (Å²) in [6, 6.07) is 0.0477. The lowest BCUT2D eigenvalue weighted by Crippen LogP contribution is -2.44. The Hall–Kier alpha value is -1.55. The van der Waals surface area contributed by atoms with E-state index in [4.69, 9.17) is 4.74 Å². The van der Waals surface area contributed by atoms with Crippen LogP contribution in [0, 0.1) is 5.92 Å². The van der Waals surface area contributed by atoms with Crippen LogP contribution in [0.3, 0.4) is 0 Å². The Kier molecular flexibility index (Phi) is 5.46. The van der Waals surface area contributed by atoms with E-state index in [0.29, 0.717) is 12.6 Å². The second-order valence-corrected chi connectivity index (χ2v) is 6.94. The highest BCUT2D eigenvalue weighted by molar-refractivity contribution is 5.90. The lowest BCUT2D eigenvalue weighted by Gasteiger charge is -2.32. The van der Waals surface area contributed by atoms with Crippen molar-refractivity contribution in [3.8, 4) is 0 Å². The van der Waals surface area contributed by atoms with Crippen molar-refractivity contribution in [1.82, 2.24) is 10.6 Å². The number of fused-ring (bicyclic) bond motifs is 1. The van der Waals surface area contributed by atoms with E-state index in [0.717, 1.165) is 25.0 Å². The lowest BCUT2D eigenvalue weighted by molar-refractivity contribution is -0.117. The molecule has 2 unspecified atom stereocenters.